The fourth-order valence-corrected chi connectivity index (χ4v) is 3.95. The molecule has 0 saturated carbocycles. The number of aliphatic hydroxyl groups is 1. The number of rotatable bonds is 6. The summed E-state index contributed by atoms with van der Waals surface area (Å²) in [7, 11) is 0. The smallest absolute Gasteiger partial charge is 0.330 e. The van der Waals surface area contributed by atoms with Gasteiger partial charge >= 0.3 is 5.69 Å². The highest BCUT2D eigenvalue weighted by atomic mass is 16.5. The van der Waals surface area contributed by atoms with Gasteiger partial charge in [0, 0.05) is 31.1 Å². The molecule has 162 valence electrons. The van der Waals surface area contributed by atoms with Gasteiger partial charge in [0.05, 0.1) is 12.2 Å². The molecule has 4 rings (SSSR count). The zero-order valence-electron chi connectivity index (χ0n) is 17.2. The molecule has 1 saturated heterocycles. The molecular weight excluding hydrogens is 398 g/mol. The van der Waals surface area contributed by atoms with Crippen molar-refractivity contribution >= 4 is 16.7 Å². The molecule has 8 nitrogen and oxygen atoms in total. The first-order valence-corrected chi connectivity index (χ1v) is 10.3. The van der Waals surface area contributed by atoms with E-state index < -0.39 is 29.7 Å². The maximum Gasteiger partial charge on any atom is 0.330 e. The standard InChI is InChI=1S/C23H25N3O5/c1-14-13-26(23(30)25-22(14)29)21-11-18(27)19(31-21)9-10-20(28)24-12-16-7-4-6-15-5-2-3-8-17(15)16/h2-8,13,18-19,21,27H,9-12H2,1H3,(H,24,28)(H,25,29,30)/t18-,19+,21+/m0/s1. The van der Waals surface area contributed by atoms with Crippen molar-refractivity contribution < 1.29 is 14.6 Å². The van der Waals surface area contributed by atoms with Crippen LogP contribution in [0.5, 0.6) is 0 Å². The highest BCUT2D eigenvalue weighted by molar-refractivity contribution is 5.86. The SMILES string of the molecule is Cc1cn([C@H]2C[C@H](O)[C@@H](CCC(=O)NCc3cccc4ccccc34)O2)c(=O)[nH]c1=O. The van der Waals surface area contributed by atoms with Gasteiger partial charge in [-0.2, -0.15) is 0 Å². The first-order chi connectivity index (χ1) is 14.9. The lowest BCUT2D eigenvalue weighted by atomic mass is 10.0. The number of hydrogen-bond acceptors (Lipinski definition) is 5. The number of amides is 1. The molecule has 3 aromatic rings. The molecular formula is C23H25N3O5. The zero-order valence-corrected chi connectivity index (χ0v) is 17.2. The minimum absolute atomic E-state index is 0.135. The number of H-pyrrole nitrogens is 1. The number of aliphatic hydroxyl groups excluding tert-OH is 1. The quantitative estimate of drug-likeness (QED) is 0.559. The van der Waals surface area contributed by atoms with E-state index in [-0.39, 0.29) is 18.7 Å². The first-order valence-electron chi connectivity index (χ1n) is 10.3. The average Bonchev–Trinajstić information content (AvgIpc) is 3.13. The largest absolute Gasteiger partial charge is 0.390 e. The Kier molecular flexibility index (Phi) is 6.01. The number of ether oxygens (including phenoxy) is 1. The number of aryl methyl sites for hydroxylation is 1. The second kappa shape index (κ2) is 8.87. The Morgan fingerprint density at radius 1 is 1.23 bits per heavy atom. The maximum absolute atomic E-state index is 12.4. The van der Waals surface area contributed by atoms with Crippen LogP contribution in [0.15, 0.2) is 58.3 Å². The predicted octanol–water partition coefficient (Wildman–Crippen LogP) is 1.74. The molecule has 0 radical (unpaired) electrons. The normalized spacial score (nSPS) is 20.8. The van der Waals surface area contributed by atoms with Gasteiger partial charge < -0.3 is 15.2 Å². The van der Waals surface area contributed by atoms with Gasteiger partial charge in [-0.3, -0.25) is 19.1 Å². The highest BCUT2D eigenvalue weighted by Gasteiger charge is 2.35. The zero-order chi connectivity index (χ0) is 22.0. The monoisotopic (exact) mass is 423 g/mol. The summed E-state index contributed by atoms with van der Waals surface area (Å²) in [5.74, 6) is -0.135. The van der Waals surface area contributed by atoms with E-state index in [9.17, 15) is 19.5 Å². The van der Waals surface area contributed by atoms with Crippen molar-refractivity contribution in [2.75, 3.05) is 0 Å². The van der Waals surface area contributed by atoms with Crippen LogP contribution in [-0.2, 0) is 16.1 Å². The summed E-state index contributed by atoms with van der Waals surface area (Å²) in [6, 6.07) is 14.0. The average molecular weight is 423 g/mol. The number of carbonyl (C=O) groups is 1. The number of aromatic nitrogens is 2. The van der Waals surface area contributed by atoms with Gasteiger partial charge in [0.1, 0.15) is 6.23 Å². The van der Waals surface area contributed by atoms with Crippen molar-refractivity contribution in [3.8, 4) is 0 Å². The molecule has 3 N–H and O–H groups in total. The fraction of sp³-hybridized carbons (Fsp3) is 0.348. The van der Waals surface area contributed by atoms with Crippen LogP contribution in [0.25, 0.3) is 10.8 Å². The molecule has 31 heavy (non-hydrogen) atoms. The number of aromatic amines is 1. The van der Waals surface area contributed by atoms with Crippen LogP contribution in [0.1, 0.15) is 36.6 Å². The summed E-state index contributed by atoms with van der Waals surface area (Å²) < 4.78 is 7.10. The third-order valence-corrected chi connectivity index (χ3v) is 5.67. The van der Waals surface area contributed by atoms with Gasteiger partial charge in [-0.15, -0.1) is 0 Å². The van der Waals surface area contributed by atoms with Crippen molar-refractivity contribution in [3.63, 3.8) is 0 Å². The van der Waals surface area contributed by atoms with Crippen molar-refractivity contribution in [1.29, 1.82) is 0 Å². The second-order valence-electron chi connectivity index (χ2n) is 7.86. The van der Waals surface area contributed by atoms with Crippen LogP contribution in [-0.4, -0.2) is 32.8 Å². The Morgan fingerprint density at radius 2 is 2.00 bits per heavy atom. The molecule has 0 unspecified atom stereocenters. The first kappa shape index (κ1) is 21.0. The molecule has 3 atom stereocenters. The molecule has 1 aliphatic heterocycles. The number of benzene rings is 2. The van der Waals surface area contributed by atoms with Gasteiger partial charge in [0.15, 0.2) is 0 Å². The Bertz CT molecular complexity index is 1210. The Hall–Kier alpha value is -3.23. The van der Waals surface area contributed by atoms with E-state index in [1.165, 1.54) is 10.8 Å². The topological polar surface area (TPSA) is 113 Å². The predicted molar refractivity (Wildman–Crippen MR) is 116 cm³/mol. The molecule has 1 aromatic heterocycles. The Balaban J connectivity index is 1.33. The number of fused-ring (bicyclic) bond motifs is 1. The number of hydrogen-bond donors (Lipinski definition) is 3. The molecule has 1 aliphatic rings. The molecule has 8 heteroatoms. The van der Waals surface area contributed by atoms with Crippen molar-refractivity contribution in [1.82, 2.24) is 14.9 Å². The van der Waals surface area contributed by atoms with Crippen LogP contribution >= 0.6 is 0 Å². The molecule has 1 amide bonds. The molecule has 2 aromatic carbocycles. The highest BCUT2D eigenvalue weighted by Crippen LogP contribution is 2.30. The minimum Gasteiger partial charge on any atom is -0.390 e. The van der Waals surface area contributed by atoms with Crippen LogP contribution in [0.2, 0.25) is 0 Å². The van der Waals surface area contributed by atoms with Crippen LogP contribution in [0.3, 0.4) is 0 Å². The molecule has 1 fully saturated rings. The molecule has 0 spiro atoms. The van der Waals surface area contributed by atoms with E-state index in [1.54, 1.807) is 6.92 Å². The lowest BCUT2D eigenvalue weighted by Gasteiger charge is -2.16. The van der Waals surface area contributed by atoms with Crippen LogP contribution in [0.4, 0.5) is 0 Å². The number of nitrogens with one attached hydrogen (secondary N) is 2. The molecule has 0 bridgehead atoms. The van der Waals surface area contributed by atoms with Gasteiger partial charge in [-0.05, 0) is 29.7 Å². The van der Waals surface area contributed by atoms with E-state index in [0.29, 0.717) is 18.5 Å². The van der Waals surface area contributed by atoms with Crippen LogP contribution in [0, 0.1) is 6.92 Å². The van der Waals surface area contributed by atoms with Gasteiger partial charge in [0.25, 0.3) is 5.56 Å². The van der Waals surface area contributed by atoms with Gasteiger partial charge in [-0.1, -0.05) is 42.5 Å². The fourth-order valence-electron chi connectivity index (χ4n) is 3.95. The third kappa shape index (κ3) is 4.60. The summed E-state index contributed by atoms with van der Waals surface area (Å²) >= 11 is 0. The van der Waals surface area contributed by atoms with E-state index in [1.807, 2.05) is 42.5 Å². The van der Waals surface area contributed by atoms with Crippen molar-refractivity contribution in [3.05, 3.63) is 80.6 Å². The minimum atomic E-state index is -0.796. The van der Waals surface area contributed by atoms with E-state index >= 15 is 0 Å². The van der Waals surface area contributed by atoms with Crippen molar-refractivity contribution in [2.45, 2.75) is 51.2 Å². The lowest BCUT2D eigenvalue weighted by molar-refractivity contribution is -0.122. The molecule has 2 heterocycles. The summed E-state index contributed by atoms with van der Waals surface area (Å²) in [5, 5.41) is 15.5. The maximum atomic E-state index is 12.4. The summed E-state index contributed by atoms with van der Waals surface area (Å²) in [6.07, 6.45) is 0.129. The van der Waals surface area contributed by atoms with Crippen molar-refractivity contribution in [2.24, 2.45) is 0 Å². The van der Waals surface area contributed by atoms with E-state index in [2.05, 4.69) is 10.3 Å². The van der Waals surface area contributed by atoms with Gasteiger partial charge in [-0.25, -0.2) is 4.79 Å². The number of carbonyl (C=O) groups excluding carboxylic acids is 1. The summed E-state index contributed by atoms with van der Waals surface area (Å²) in [4.78, 5) is 38.2. The molecule has 0 aliphatic carbocycles. The Labute approximate surface area is 178 Å². The number of nitrogens with zero attached hydrogens (tertiary/aromatic N) is 1. The van der Waals surface area contributed by atoms with E-state index in [4.69, 9.17) is 4.74 Å². The van der Waals surface area contributed by atoms with Crippen LogP contribution < -0.4 is 16.6 Å². The summed E-state index contributed by atoms with van der Waals surface area (Å²) in [6.45, 7) is 2.01. The summed E-state index contributed by atoms with van der Waals surface area (Å²) in [5.41, 5.74) is 0.394. The second-order valence-corrected chi connectivity index (χ2v) is 7.86. The lowest BCUT2D eigenvalue weighted by Crippen LogP contribution is -2.33. The third-order valence-electron chi connectivity index (χ3n) is 5.67. The Morgan fingerprint density at radius 3 is 2.84 bits per heavy atom. The van der Waals surface area contributed by atoms with E-state index in [0.717, 1.165) is 16.3 Å². The van der Waals surface area contributed by atoms with Gasteiger partial charge in [0.2, 0.25) is 5.91 Å².